The van der Waals surface area contributed by atoms with Crippen LogP contribution in [0.15, 0.2) is 54.6 Å². The molecule has 0 atom stereocenters. The van der Waals surface area contributed by atoms with Crippen LogP contribution >= 0.6 is 0 Å². The fourth-order valence-corrected chi connectivity index (χ4v) is 1.97. The molecule has 1 N–H and O–H groups in total. The molecule has 17 heavy (non-hydrogen) atoms. The van der Waals surface area contributed by atoms with Crippen molar-refractivity contribution in [3.8, 4) is 0 Å². The van der Waals surface area contributed by atoms with Crippen molar-refractivity contribution >= 4 is 10.8 Å². The van der Waals surface area contributed by atoms with Crippen molar-refractivity contribution in [2.24, 2.45) is 0 Å². The molecule has 0 saturated carbocycles. The first-order chi connectivity index (χ1) is 8.27. The summed E-state index contributed by atoms with van der Waals surface area (Å²) in [6.45, 7) is 7.90. The van der Waals surface area contributed by atoms with Gasteiger partial charge < -0.3 is 5.32 Å². The minimum Gasteiger partial charge on any atom is -0.312 e. The number of hydrogen-bond donors (Lipinski definition) is 1. The smallest absolute Gasteiger partial charge is 0.0211 e. The van der Waals surface area contributed by atoms with Crippen LogP contribution in [0.25, 0.3) is 10.8 Å². The molecule has 0 fully saturated rings. The van der Waals surface area contributed by atoms with Gasteiger partial charge in [-0.3, -0.25) is 0 Å². The van der Waals surface area contributed by atoms with E-state index >= 15 is 0 Å². The number of benzene rings is 2. The molecule has 1 heteroatoms. The van der Waals surface area contributed by atoms with Gasteiger partial charge in [-0.15, -0.1) is 6.58 Å². The minimum atomic E-state index is 0.925. The SMILES string of the molecule is C=C(C)CCNCc1cccc2ccccc12. The summed E-state index contributed by atoms with van der Waals surface area (Å²) in [5.74, 6) is 0. The van der Waals surface area contributed by atoms with Gasteiger partial charge in [0.2, 0.25) is 0 Å². The largest absolute Gasteiger partial charge is 0.312 e. The number of rotatable bonds is 5. The molecule has 0 unspecified atom stereocenters. The van der Waals surface area contributed by atoms with Crippen molar-refractivity contribution in [1.82, 2.24) is 5.32 Å². The van der Waals surface area contributed by atoms with E-state index in [0.717, 1.165) is 19.5 Å². The molecular formula is C16H19N. The van der Waals surface area contributed by atoms with Gasteiger partial charge in [0.05, 0.1) is 0 Å². The standard InChI is InChI=1S/C16H19N/c1-13(2)10-11-17-12-15-8-5-7-14-6-3-4-9-16(14)15/h3-9,17H,1,10-12H2,2H3. The summed E-state index contributed by atoms with van der Waals surface area (Å²) in [7, 11) is 0. The van der Waals surface area contributed by atoms with E-state index < -0.39 is 0 Å². The van der Waals surface area contributed by atoms with Crippen molar-refractivity contribution < 1.29 is 0 Å². The van der Waals surface area contributed by atoms with E-state index in [1.807, 2.05) is 0 Å². The molecule has 0 bridgehead atoms. The summed E-state index contributed by atoms with van der Waals surface area (Å²) in [6, 6.07) is 15.0. The predicted octanol–water partition coefficient (Wildman–Crippen LogP) is 3.90. The minimum absolute atomic E-state index is 0.925. The second-order valence-corrected chi connectivity index (χ2v) is 4.52. The number of fused-ring (bicyclic) bond motifs is 1. The average Bonchev–Trinajstić information content (AvgIpc) is 2.34. The van der Waals surface area contributed by atoms with Gasteiger partial charge in [0.25, 0.3) is 0 Å². The van der Waals surface area contributed by atoms with Gasteiger partial charge in [0.15, 0.2) is 0 Å². The summed E-state index contributed by atoms with van der Waals surface area (Å²) < 4.78 is 0. The fourth-order valence-electron chi connectivity index (χ4n) is 1.97. The lowest BCUT2D eigenvalue weighted by molar-refractivity contribution is 0.687. The Morgan fingerprint density at radius 3 is 2.71 bits per heavy atom. The zero-order valence-electron chi connectivity index (χ0n) is 10.4. The summed E-state index contributed by atoms with van der Waals surface area (Å²) in [6.07, 6.45) is 1.05. The van der Waals surface area contributed by atoms with Crippen LogP contribution in [-0.2, 0) is 6.54 Å². The molecule has 0 heterocycles. The highest BCUT2D eigenvalue weighted by atomic mass is 14.8. The fraction of sp³-hybridized carbons (Fsp3) is 0.250. The highest BCUT2D eigenvalue weighted by molar-refractivity contribution is 5.85. The van der Waals surface area contributed by atoms with Gasteiger partial charge in [-0.2, -0.15) is 0 Å². The van der Waals surface area contributed by atoms with Crippen LogP contribution in [-0.4, -0.2) is 6.54 Å². The van der Waals surface area contributed by atoms with Crippen LogP contribution in [0, 0.1) is 0 Å². The maximum atomic E-state index is 3.91. The van der Waals surface area contributed by atoms with Gasteiger partial charge in [-0.25, -0.2) is 0 Å². The molecule has 2 aromatic rings. The first kappa shape index (κ1) is 11.9. The summed E-state index contributed by atoms with van der Waals surface area (Å²) in [5, 5.41) is 6.12. The Balaban J connectivity index is 2.05. The summed E-state index contributed by atoms with van der Waals surface area (Å²) >= 11 is 0. The Hall–Kier alpha value is -1.60. The molecule has 0 aromatic heterocycles. The Morgan fingerprint density at radius 2 is 1.88 bits per heavy atom. The zero-order chi connectivity index (χ0) is 12.1. The van der Waals surface area contributed by atoms with Crippen molar-refractivity contribution in [3.05, 3.63) is 60.2 Å². The lowest BCUT2D eigenvalue weighted by Crippen LogP contribution is -2.14. The van der Waals surface area contributed by atoms with E-state index in [0.29, 0.717) is 0 Å². The highest BCUT2D eigenvalue weighted by Gasteiger charge is 1.99. The second-order valence-electron chi connectivity index (χ2n) is 4.52. The van der Waals surface area contributed by atoms with Crippen molar-refractivity contribution in [2.45, 2.75) is 19.9 Å². The quantitative estimate of drug-likeness (QED) is 0.601. The molecular weight excluding hydrogens is 206 g/mol. The second kappa shape index (κ2) is 5.65. The van der Waals surface area contributed by atoms with Crippen LogP contribution < -0.4 is 5.32 Å². The van der Waals surface area contributed by atoms with Gasteiger partial charge in [0.1, 0.15) is 0 Å². The lowest BCUT2D eigenvalue weighted by Gasteiger charge is -2.08. The van der Waals surface area contributed by atoms with Crippen molar-refractivity contribution in [2.75, 3.05) is 6.54 Å². The zero-order valence-corrected chi connectivity index (χ0v) is 10.4. The Labute approximate surface area is 103 Å². The molecule has 0 radical (unpaired) electrons. The Morgan fingerprint density at radius 1 is 1.12 bits per heavy atom. The average molecular weight is 225 g/mol. The van der Waals surface area contributed by atoms with E-state index in [2.05, 4.69) is 61.3 Å². The summed E-state index contributed by atoms with van der Waals surface area (Å²) in [4.78, 5) is 0. The van der Waals surface area contributed by atoms with E-state index in [4.69, 9.17) is 0 Å². The van der Waals surface area contributed by atoms with Crippen LogP contribution in [0.2, 0.25) is 0 Å². The highest BCUT2D eigenvalue weighted by Crippen LogP contribution is 2.18. The lowest BCUT2D eigenvalue weighted by atomic mass is 10.0. The molecule has 1 nitrogen and oxygen atoms in total. The molecule has 0 spiro atoms. The van der Waals surface area contributed by atoms with Crippen LogP contribution in [0.1, 0.15) is 18.9 Å². The van der Waals surface area contributed by atoms with Crippen LogP contribution in [0.4, 0.5) is 0 Å². The normalized spacial score (nSPS) is 10.6. The maximum Gasteiger partial charge on any atom is 0.0211 e. The van der Waals surface area contributed by atoms with E-state index in [9.17, 15) is 0 Å². The van der Waals surface area contributed by atoms with Crippen molar-refractivity contribution in [1.29, 1.82) is 0 Å². The van der Waals surface area contributed by atoms with Gasteiger partial charge in [-0.1, -0.05) is 48.0 Å². The van der Waals surface area contributed by atoms with Gasteiger partial charge >= 0.3 is 0 Å². The van der Waals surface area contributed by atoms with E-state index in [-0.39, 0.29) is 0 Å². The molecule has 0 amide bonds. The molecule has 0 saturated heterocycles. The van der Waals surface area contributed by atoms with Crippen molar-refractivity contribution in [3.63, 3.8) is 0 Å². The monoisotopic (exact) mass is 225 g/mol. The van der Waals surface area contributed by atoms with Gasteiger partial charge in [0, 0.05) is 6.54 Å². The topological polar surface area (TPSA) is 12.0 Å². The van der Waals surface area contributed by atoms with Gasteiger partial charge in [-0.05, 0) is 36.2 Å². The maximum absolute atomic E-state index is 3.91. The molecule has 88 valence electrons. The Kier molecular flexibility index (Phi) is 3.94. The molecule has 0 aliphatic rings. The third-order valence-electron chi connectivity index (χ3n) is 2.92. The van der Waals surface area contributed by atoms with E-state index in [1.165, 1.54) is 21.9 Å². The third-order valence-corrected chi connectivity index (χ3v) is 2.92. The molecule has 0 aliphatic carbocycles. The Bertz CT molecular complexity index is 508. The number of nitrogens with one attached hydrogen (secondary N) is 1. The van der Waals surface area contributed by atoms with Crippen LogP contribution in [0.3, 0.4) is 0 Å². The first-order valence-corrected chi connectivity index (χ1v) is 6.09. The predicted molar refractivity (Wildman–Crippen MR) is 75.1 cm³/mol. The molecule has 2 rings (SSSR count). The van der Waals surface area contributed by atoms with E-state index in [1.54, 1.807) is 0 Å². The number of hydrogen-bond acceptors (Lipinski definition) is 1. The van der Waals surface area contributed by atoms with Crippen LogP contribution in [0.5, 0.6) is 0 Å². The molecule has 2 aromatic carbocycles. The first-order valence-electron chi connectivity index (χ1n) is 6.09. The summed E-state index contributed by atoms with van der Waals surface area (Å²) in [5.41, 5.74) is 2.60. The molecule has 0 aliphatic heterocycles. The third kappa shape index (κ3) is 3.18.